The largest absolute Gasteiger partial charge is 0.508 e. The molecule has 0 spiro atoms. The summed E-state index contributed by atoms with van der Waals surface area (Å²) in [6, 6.07) is 5.32. The number of halogens is 3. The highest BCUT2D eigenvalue weighted by atomic mass is 19.1. The van der Waals surface area contributed by atoms with Gasteiger partial charge >= 0.3 is 6.01 Å². The van der Waals surface area contributed by atoms with E-state index in [9.17, 15) is 13.9 Å². The van der Waals surface area contributed by atoms with Gasteiger partial charge in [-0.05, 0) is 62.7 Å². The number of fused-ring (bicyclic) bond motifs is 3. The standard InChI is InChI=1S/C34H35F3N6O3/c1-4-22-24(36)8-7-19-13-21(44)14-23(25(19)22)28-27(37)29-26(30(38-3)40-28)31(39-17-33(2)9-6-12-46-33)42-32(41-29)45-18-34-10-5-11-43(34)16-20(35)15-34/h1,7-8,13-14,20,44H,5-6,9-12,15-18H2,2-3H3,(H,38,40)(H,39,41,42)/t20-,33?,34+/m1/s1. The predicted molar refractivity (Wildman–Crippen MR) is 170 cm³/mol. The number of anilines is 2. The van der Waals surface area contributed by atoms with Gasteiger partial charge < -0.3 is 25.2 Å². The molecule has 0 amide bonds. The smallest absolute Gasteiger partial charge is 0.319 e. The van der Waals surface area contributed by atoms with Crippen molar-refractivity contribution in [1.82, 2.24) is 19.9 Å². The first-order chi connectivity index (χ1) is 22.1. The third-order valence-corrected chi connectivity index (χ3v) is 9.61. The van der Waals surface area contributed by atoms with Crippen molar-refractivity contribution in [3.63, 3.8) is 0 Å². The van der Waals surface area contributed by atoms with Crippen molar-refractivity contribution in [2.45, 2.75) is 56.3 Å². The topological polar surface area (TPSA) is 105 Å². The van der Waals surface area contributed by atoms with Gasteiger partial charge in [-0.15, -0.1) is 6.42 Å². The van der Waals surface area contributed by atoms with Crippen LogP contribution in [0, 0.1) is 24.0 Å². The summed E-state index contributed by atoms with van der Waals surface area (Å²) in [5, 5.41) is 17.8. The molecule has 0 saturated carbocycles. The van der Waals surface area contributed by atoms with Gasteiger partial charge in [-0.1, -0.05) is 12.0 Å². The van der Waals surface area contributed by atoms with Crippen molar-refractivity contribution < 1.29 is 27.8 Å². The number of aromatic nitrogens is 3. The molecule has 0 bridgehead atoms. The molecule has 9 nitrogen and oxygen atoms in total. The molecule has 7 rings (SSSR count). The molecule has 240 valence electrons. The van der Waals surface area contributed by atoms with Crippen LogP contribution in [0.25, 0.3) is 32.9 Å². The highest BCUT2D eigenvalue weighted by Gasteiger charge is 2.49. The van der Waals surface area contributed by atoms with E-state index in [1.54, 1.807) is 7.05 Å². The Morgan fingerprint density at radius 1 is 1.15 bits per heavy atom. The zero-order valence-corrected chi connectivity index (χ0v) is 25.7. The molecule has 4 aromatic rings. The molecule has 0 radical (unpaired) electrons. The molecule has 3 fully saturated rings. The van der Waals surface area contributed by atoms with E-state index in [0.717, 1.165) is 32.2 Å². The minimum absolute atomic E-state index is 0.0785. The van der Waals surface area contributed by atoms with Gasteiger partial charge in [0.05, 0.1) is 22.1 Å². The maximum absolute atomic E-state index is 16.9. The number of pyridine rings is 1. The molecule has 3 saturated heterocycles. The summed E-state index contributed by atoms with van der Waals surface area (Å²) < 4.78 is 58.4. The van der Waals surface area contributed by atoms with Crippen LogP contribution in [0.1, 0.15) is 44.6 Å². The molecule has 5 heterocycles. The van der Waals surface area contributed by atoms with Crippen molar-refractivity contribution in [3.05, 3.63) is 41.5 Å². The van der Waals surface area contributed by atoms with Crippen LogP contribution in [0.4, 0.5) is 24.8 Å². The first-order valence-electron chi connectivity index (χ1n) is 15.5. The summed E-state index contributed by atoms with van der Waals surface area (Å²) in [6.07, 6.45) is 8.58. The lowest BCUT2D eigenvalue weighted by Gasteiger charge is -2.31. The van der Waals surface area contributed by atoms with Gasteiger partial charge in [-0.2, -0.15) is 9.97 Å². The van der Waals surface area contributed by atoms with Crippen LogP contribution in [0.2, 0.25) is 0 Å². The van der Waals surface area contributed by atoms with Gasteiger partial charge in [0.15, 0.2) is 5.82 Å². The number of nitrogens with zero attached hydrogens (tertiary/aromatic N) is 4. The van der Waals surface area contributed by atoms with Gasteiger partial charge in [0, 0.05) is 44.1 Å². The fourth-order valence-electron chi connectivity index (χ4n) is 7.35. The highest BCUT2D eigenvalue weighted by Crippen LogP contribution is 2.42. The average Bonchev–Trinajstić information content (AvgIpc) is 3.73. The third kappa shape index (κ3) is 5.11. The fourth-order valence-corrected chi connectivity index (χ4v) is 7.35. The van der Waals surface area contributed by atoms with Gasteiger partial charge in [-0.3, -0.25) is 4.90 Å². The van der Waals surface area contributed by atoms with E-state index in [0.29, 0.717) is 31.5 Å². The molecule has 46 heavy (non-hydrogen) atoms. The van der Waals surface area contributed by atoms with Gasteiger partial charge in [-0.25, -0.2) is 18.2 Å². The maximum Gasteiger partial charge on any atom is 0.319 e. The molecule has 2 aromatic heterocycles. The normalized spacial score (nSPS) is 24.4. The van der Waals surface area contributed by atoms with Crippen LogP contribution in [0.3, 0.4) is 0 Å². The number of hydrogen-bond donors (Lipinski definition) is 3. The lowest BCUT2D eigenvalue weighted by atomic mass is 9.95. The number of ether oxygens (including phenoxy) is 2. The average molecular weight is 633 g/mol. The van der Waals surface area contributed by atoms with Crippen molar-refractivity contribution in [2.75, 3.05) is 50.5 Å². The van der Waals surface area contributed by atoms with E-state index in [4.69, 9.17) is 15.9 Å². The Morgan fingerprint density at radius 3 is 2.76 bits per heavy atom. The van der Waals surface area contributed by atoms with Crippen LogP contribution in [0.15, 0.2) is 24.3 Å². The van der Waals surface area contributed by atoms with Gasteiger partial charge in [0.2, 0.25) is 0 Å². The Morgan fingerprint density at radius 2 is 2.00 bits per heavy atom. The number of rotatable bonds is 8. The summed E-state index contributed by atoms with van der Waals surface area (Å²) in [5.41, 5.74) is -1.21. The second-order valence-electron chi connectivity index (χ2n) is 12.7. The van der Waals surface area contributed by atoms with Crippen LogP contribution in [-0.2, 0) is 4.74 Å². The number of nitrogens with one attached hydrogen (secondary N) is 2. The molecule has 3 atom stereocenters. The second kappa shape index (κ2) is 11.5. The van der Waals surface area contributed by atoms with Crippen LogP contribution >= 0.6 is 0 Å². The summed E-state index contributed by atoms with van der Waals surface area (Å²) in [7, 11) is 1.63. The van der Waals surface area contributed by atoms with Gasteiger partial charge in [0.1, 0.15) is 47.2 Å². The Bertz CT molecular complexity index is 1890. The Balaban J connectivity index is 1.39. The Kier molecular flexibility index (Phi) is 7.56. The first kappa shape index (κ1) is 30.3. The first-order valence-corrected chi connectivity index (χ1v) is 15.5. The molecular formula is C34H35F3N6O3. The van der Waals surface area contributed by atoms with Crippen molar-refractivity contribution in [2.24, 2.45) is 0 Å². The zero-order chi connectivity index (χ0) is 32.2. The Labute approximate surface area is 264 Å². The number of phenols is 1. The summed E-state index contributed by atoms with van der Waals surface area (Å²) in [4.78, 5) is 15.9. The van der Waals surface area contributed by atoms with E-state index >= 15 is 4.39 Å². The van der Waals surface area contributed by atoms with Crippen LogP contribution in [-0.4, -0.2) is 82.2 Å². The van der Waals surface area contributed by atoms with Gasteiger partial charge in [0.25, 0.3) is 0 Å². The number of alkyl halides is 1. The van der Waals surface area contributed by atoms with E-state index < -0.39 is 28.9 Å². The van der Waals surface area contributed by atoms with E-state index in [-0.39, 0.29) is 63.1 Å². The lowest BCUT2D eigenvalue weighted by molar-refractivity contribution is 0.0315. The van der Waals surface area contributed by atoms with E-state index in [2.05, 4.69) is 36.4 Å². The maximum atomic E-state index is 16.9. The number of aromatic hydroxyl groups is 1. The van der Waals surface area contributed by atoms with E-state index in [1.165, 1.54) is 24.3 Å². The molecule has 1 unspecified atom stereocenters. The molecule has 3 aliphatic heterocycles. The lowest BCUT2D eigenvalue weighted by Crippen LogP contribution is -2.43. The molecule has 12 heteroatoms. The Hall–Kier alpha value is -4.34. The molecular weight excluding hydrogens is 597 g/mol. The predicted octanol–water partition coefficient (Wildman–Crippen LogP) is 5.79. The molecule has 3 aliphatic rings. The summed E-state index contributed by atoms with van der Waals surface area (Å²) in [5.74, 6) is 1.21. The molecule has 0 aliphatic carbocycles. The number of phenolic OH excluding ortho intramolecular Hbond substituents is 1. The quantitative estimate of drug-likeness (QED) is 0.208. The molecule has 3 N–H and O–H groups in total. The van der Waals surface area contributed by atoms with Crippen LogP contribution < -0.4 is 15.4 Å². The monoisotopic (exact) mass is 632 g/mol. The summed E-state index contributed by atoms with van der Waals surface area (Å²) >= 11 is 0. The number of benzene rings is 2. The number of hydrogen-bond acceptors (Lipinski definition) is 9. The van der Waals surface area contributed by atoms with Crippen molar-refractivity contribution in [1.29, 1.82) is 0 Å². The van der Waals surface area contributed by atoms with Crippen molar-refractivity contribution >= 4 is 33.3 Å². The highest BCUT2D eigenvalue weighted by molar-refractivity contribution is 6.05. The fraction of sp³-hybridized carbons (Fsp3) is 0.441. The second-order valence-corrected chi connectivity index (χ2v) is 12.7. The zero-order valence-electron chi connectivity index (χ0n) is 25.7. The van der Waals surface area contributed by atoms with Crippen LogP contribution in [0.5, 0.6) is 11.8 Å². The third-order valence-electron chi connectivity index (χ3n) is 9.61. The molecule has 2 aromatic carbocycles. The SMILES string of the molecule is C#Cc1c(F)ccc2cc(O)cc(-c3nc(NC)c4c(NCC5(C)CCCO5)nc(OC[C@@]56CCCN5C[C@H](F)C6)nc4c3F)c12. The number of terminal acetylenes is 1. The minimum Gasteiger partial charge on any atom is -0.508 e. The van der Waals surface area contributed by atoms with E-state index in [1.807, 2.05) is 6.92 Å². The van der Waals surface area contributed by atoms with Crippen molar-refractivity contribution in [3.8, 4) is 35.4 Å². The minimum atomic E-state index is -0.940. The summed E-state index contributed by atoms with van der Waals surface area (Å²) in [6.45, 7) is 4.33.